The van der Waals surface area contributed by atoms with E-state index in [1.165, 1.54) is 5.69 Å². The number of nitrogens with zero attached hydrogens (tertiary/aromatic N) is 3. The molecule has 0 saturated carbocycles. The first kappa shape index (κ1) is 13.4. The minimum Gasteiger partial charge on any atom is -0.397 e. The number of para-hydroxylation sites is 1. The summed E-state index contributed by atoms with van der Waals surface area (Å²) in [7, 11) is 0. The molecule has 0 unspecified atom stereocenters. The van der Waals surface area contributed by atoms with Gasteiger partial charge in [0.15, 0.2) is 5.69 Å². The smallest absolute Gasteiger partial charge is 0.274 e. The lowest BCUT2D eigenvalue weighted by atomic mass is 10.2. The Morgan fingerprint density at radius 1 is 1.00 bits per heavy atom. The van der Waals surface area contributed by atoms with Crippen molar-refractivity contribution in [2.75, 3.05) is 36.8 Å². The average molecular weight is 282 g/mol. The summed E-state index contributed by atoms with van der Waals surface area (Å²) in [6, 6.07) is 13.7. The molecule has 1 fully saturated rings. The zero-order chi connectivity index (χ0) is 14.7. The third-order valence-electron chi connectivity index (χ3n) is 3.73. The van der Waals surface area contributed by atoms with Crippen LogP contribution in [0, 0.1) is 0 Å². The third-order valence-corrected chi connectivity index (χ3v) is 3.73. The van der Waals surface area contributed by atoms with Gasteiger partial charge in [-0.25, -0.2) is 4.98 Å². The Bertz CT molecular complexity index is 621. The summed E-state index contributed by atoms with van der Waals surface area (Å²) < 4.78 is 0. The first-order valence-electron chi connectivity index (χ1n) is 7.05. The van der Waals surface area contributed by atoms with Crippen molar-refractivity contribution in [2.45, 2.75) is 0 Å². The molecule has 1 amide bonds. The highest BCUT2D eigenvalue weighted by Gasteiger charge is 2.24. The number of nitrogen functional groups attached to an aromatic ring is 1. The lowest BCUT2D eigenvalue weighted by Gasteiger charge is -2.36. The van der Waals surface area contributed by atoms with Crippen LogP contribution < -0.4 is 10.6 Å². The maximum absolute atomic E-state index is 12.4. The molecule has 0 bridgehead atoms. The van der Waals surface area contributed by atoms with Crippen molar-refractivity contribution in [1.82, 2.24) is 9.88 Å². The fourth-order valence-electron chi connectivity index (χ4n) is 2.55. The second-order valence-corrected chi connectivity index (χ2v) is 5.06. The van der Waals surface area contributed by atoms with E-state index in [1.54, 1.807) is 18.3 Å². The highest BCUT2D eigenvalue weighted by molar-refractivity contribution is 5.97. The molecule has 0 spiro atoms. The first-order valence-corrected chi connectivity index (χ1v) is 7.05. The van der Waals surface area contributed by atoms with Crippen LogP contribution in [0.5, 0.6) is 0 Å². The number of hydrogen-bond donors (Lipinski definition) is 1. The Hall–Kier alpha value is -2.56. The normalized spacial score (nSPS) is 15.0. The molecular formula is C16H18N4O. The van der Waals surface area contributed by atoms with Gasteiger partial charge >= 0.3 is 0 Å². The number of rotatable bonds is 2. The standard InChI is InChI=1S/C16H18N4O/c17-14-7-4-8-18-15(14)16(21)20-11-9-19(10-12-20)13-5-2-1-3-6-13/h1-8H,9-12,17H2. The Balaban J connectivity index is 1.66. The average Bonchev–Trinajstić information content (AvgIpc) is 2.56. The Morgan fingerprint density at radius 3 is 2.38 bits per heavy atom. The summed E-state index contributed by atoms with van der Waals surface area (Å²) in [5.41, 5.74) is 7.81. The fraction of sp³-hybridized carbons (Fsp3) is 0.250. The number of anilines is 2. The van der Waals surface area contributed by atoms with Gasteiger partial charge in [0.2, 0.25) is 0 Å². The molecule has 21 heavy (non-hydrogen) atoms. The van der Waals surface area contributed by atoms with E-state index in [1.807, 2.05) is 23.1 Å². The van der Waals surface area contributed by atoms with Crippen LogP contribution in [0.1, 0.15) is 10.5 Å². The lowest BCUT2D eigenvalue weighted by molar-refractivity contribution is 0.0742. The molecule has 2 heterocycles. The Morgan fingerprint density at radius 2 is 1.71 bits per heavy atom. The molecular weight excluding hydrogens is 264 g/mol. The summed E-state index contributed by atoms with van der Waals surface area (Å²) in [5.74, 6) is -0.0826. The quantitative estimate of drug-likeness (QED) is 0.909. The molecule has 0 aliphatic carbocycles. The van der Waals surface area contributed by atoms with Gasteiger partial charge in [0.25, 0.3) is 5.91 Å². The monoisotopic (exact) mass is 282 g/mol. The van der Waals surface area contributed by atoms with E-state index in [4.69, 9.17) is 5.73 Å². The number of carbonyl (C=O) groups excluding carboxylic acids is 1. The number of hydrogen-bond acceptors (Lipinski definition) is 4. The minimum atomic E-state index is -0.0826. The molecule has 1 aromatic heterocycles. The van der Waals surface area contributed by atoms with E-state index in [-0.39, 0.29) is 5.91 Å². The maximum Gasteiger partial charge on any atom is 0.274 e. The molecule has 1 aliphatic rings. The summed E-state index contributed by atoms with van der Waals surface area (Å²) >= 11 is 0. The third kappa shape index (κ3) is 2.81. The van der Waals surface area contributed by atoms with Crippen molar-refractivity contribution in [2.24, 2.45) is 0 Å². The van der Waals surface area contributed by atoms with Crippen LogP contribution in [0.3, 0.4) is 0 Å². The fourth-order valence-corrected chi connectivity index (χ4v) is 2.55. The minimum absolute atomic E-state index is 0.0826. The van der Waals surface area contributed by atoms with Gasteiger partial charge < -0.3 is 15.5 Å². The second kappa shape index (κ2) is 5.83. The van der Waals surface area contributed by atoms with Crippen molar-refractivity contribution >= 4 is 17.3 Å². The van der Waals surface area contributed by atoms with E-state index in [0.717, 1.165) is 13.1 Å². The van der Waals surface area contributed by atoms with Gasteiger partial charge in [-0.1, -0.05) is 18.2 Å². The zero-order valence-electron chi connectivity index (χ0n) is 11.8. The van der Waals surface area contributed by atoms with Gasteiger partial charge in [0.05, 0.1) is 5.69 Å². The number of nitrogens with two attached hydrogens (primary N) is 1. The van der Waals surface area contributed by atoms with Crippen molar-refractivity contribution in [3.8, 4) is 0 Å². The lowest BCUT2D eigenvalue weighted by Crippen LogP contribution is -2.49. The topological polar surface area (TPSA) is 62.5 Å². The molecule has 5 nitrogen and oxygen atoms in total. The van der Waals surface area contributed by atoms with Crippen LogP contribution in [0.4, 0.5) is 11.4 Å². The predicted molar refractivity (Wildman–Crippen MR) is 83.2 cm³/mol. The predicted octanol–water partition coefficient (Wildman–Crippen LogP) is 1.63. The van der Waals surface area contributed by atoms with Crippen LogP contribution in [0.2, 0.25) is 0 Å². The molecule has 5 heteroatoms. The highest BCUT2D eigenvalue weighted by Crippen LogP contribution is 2.17. The van der Waals surface area contributed by atoms with Gasteiger partial charge in [0, 0.05) is 38.1 Å². The molecule has 0 atom stereocenters. The summed E-state index contributed by atoms with van der Waals surface area (Å²) in [6.07, 6.45) is 1.60. The van der Waals surface area contributed by atoms with Crippen LogP contribution in [0.25, 0.3) is 0 Å². The summed E-state index contributed by atoms with van der Waals surface area (Å²) in [5, 5.41) is 0. The summed E-state index contributed by atoms with van der Waals surface area (Å²) in [6.45, 7) is 3.01. The number of benzene rings is 1. The molecule has 1 saturated heterocycles. The highest BCUT2D eigenvalue weighted by atomic mass is 16.2. The molecule has 108 valence electrons. The summed E-state index contributed by atoms with van der Waals surface area (Å²) in [4.78, 5) is 20.6. The van der Waals surface area contributed by atoms with Gasteiger partial charge in [-0.2, -0.15) is 0 Å². The van der Waals surface area contributed by atoms with E-state index in [0.29, 0.717) is 24.5 Å². The second-order valence-electron chi connectivity index (χ2n) is 5.06. The van der Waals surface area contributed by atoms with E-state index in [2.05, 4.69) is 22.0 Å². The molecule has 0 radical (unpaired) electrons. The largest absolute Gasteiger partial charge is 0.397 e. The van der Waals surface area contributed by atoms with Gasteiger partial charge in [-0.15, -0.1) is 0 Å². The van der Waals surface area contributed by atoms with Crippen molar-refractivity contribution in [3.63, 3.8) is 0 Å². The molecule has 1 aliphatic heterocycles. The van der Waals surface area contributed by atoms with E-state index in [9.17, 15) is 4.79 Å². The maximum atomic E-state index is 12.4. The number of pyridine rings is 1. The molecule has 3 rings (SSSR count). The SMILES string of the molecule is Nc1cccnc1C(=O)N1CCN(c2ccccc2)CC1. The van der Waals surface area contributed by atoms with E-state index < -0.39 is 0 Å². The van der Waals surface area contributed by atoms with E-state index >= 15 is 0 Å². The van der Waals surface area contributed by atoms with Crippen LogP contribution in [-0.2, 0) is 0 Å². The van der Waals surface area contributed by atoms with Gasteiger partial charge in [-0.3, -0.25) is 4.79 Å². The number of piperazine rings is 1. The van der Waals surface area contributed by atoms with Crippen molar-refractivity contribution < 1.29 is 4.79 Å². The van der Waals surface area contributed by atoms with Crippen LogP contribution in [-0.4, -0.2) is 42.0 Å². The van der Waals surface area contributed by atoms with Crippen molar-refractivity contribution in [3.05, 3.63) is 54.4 Å². The first-order chi connectivity index (χ1) is 10.3. The Kier molecular flexibility index (Phi) is 3.73. The molecule has 2 aromatic rings. The van der Waals surface area contributed by atoms with Gasteiger partial charge in [0.1, 0.15) is 0 Å². The van der Waals surface area contributed by atoms with Gasteiger partial charge in [-0.05, 0) is 24.3 Å². The zero-order valence-corrected chi connectivity index (χ0v) is 11.8. The number of amides is 1. The van der Waals surface area contributed by atoms with Crippen molar-refractivity contribution in [1.29, 1.82) is 0 Å². The van der Waals surface area contributed by atoms with Crippen LogP contribution in [0.15, 0.2) is 48.7 Å². The Labute approximate surface area is 124 Å². The number of aromatic nitrogens is 1. The molecule has 2 N–H and O–H groups in total. The van der Waals surface area contributed by atoms with Crippen LogP contribution >= 0.6 is 0 Å². The molecule has 1 aromatic carbocycles. The number of carbonyl (C=O) groups is 1.